The van der Waals surface area contributed by atoms with E-state index in [9.17, 15) is 4.79 Å². The fraction of sp³-hybridized carbons (Fsp3) is 0.500. The molecule has 0 saturated carbocycles. The first-order valence-corrected chi connectivity index (χ1v) is 7.80. The van der Waals surface area contributed by atoms with Crippen molar-refractivity contribution in [1.29, 1.82) is 0 Å². The zero-order valence-electron chi connectivity index (χ0n) is 12.6. The van der Waals surface area contributed by atoms with E-state index in [2.05, 4.69) is 23.8 Å². The average molecular weight is 282 g/mol. The third kappa shape index (κ3) is 3.28. The minimum atomic E-state index is -0.00175. The van der Waals surface area contributed by atoms with Crippen LogP contribution < -0.4 is 0 Å². The average Bonchev–Trinajstić information content (AvgIpc) is 2.52. The maximum atomic E-state index is 12.4. The van der Waals surface area contributed by atoms with Crippen LogP contribution in [0.25, 0.3) is 0 Å². The first kappa shape index (κ1) is 14.2. The summed E-state index contributed by atoms with van der Waals surface area (Å²) in [4.78, 5) is 16.9. The largest absolute Gasteiger partial charge is 0.329 e. The maximum Gasteiger partial charge on any atom is 0.299 e. The molecule has 2 aliphatic heterocycles. The number of piperidine rings is 2. The van der Waals surface area contributed by atoms with Gasteiger partial charge in [-0.15, -0.1) is 0 Å². The van der Waals surface area contributed by atoms with E-state index in [1.165, 1.54) is 6.42 Å². The van der Waals surface area contributed by atoms with Gasteiger partial charge in [0.2, 0.25) is 0 Å². The highest BCUT2D eigenvalue weighted by Gasteiger charge is 2.36. The molecular weight excluding hydrogens is 260 g/mol. The van der Waals surface area contributed by atoms with Crippen LogP contribution in [-0.2, 0) is 4.79 Å². The molecule has 0 spiro atoms. The van der Waals surface area contributed by atoms with Crippen LogP contribution in [0.15, 0.2) is 30.3 Å². The summed E-state index contributed by atoms with van der Waals surface area (Å²) in [6.45, 7) is 3.06. The smallest absolute Gasteiger partial charge is 0.299 e. The minimum absolute atomic E-state index is 0.00175. The van der Waals surface area contributed by atoms with E-state index < -0.39 is 0 Å². The molecule has 0 N–H and O–H groups in total. The van der Waals surface area contributed by atoms with Gasteiger partial charge in [0.15, 0.2) is 0 Å². The third-order valence-electron chi connectivity index (χ3n) is 4.62. The molecule has 0 aliphatic carbocycles. The molecule has 0 aromatic heterocycles. The van der Waals surface area contributed by atoms with Crippen molar-refractivity contribution in [3.63, 3.8) is 0 Å². The highest BCUT2D eigenvalue weighted by molar-refractivity contribution is 5.94. The van der Waals surface area contributed by atoms with Crippen LogP contribution in [0.4, 0.5) is 0 Å². The number of fused-ring (bicyclic) bond motifs is 1. The SMILES string of the molecule is CN1CC[C@H]2[C@@H](CCCN2C(=O)C#Cc2ccccc2)C1. The number of rotatable bonds is 0. The molecule has 3 rings (SSSR count). The first-order valence-electron chi connectivity index (χ1n) is 7.80. The normalized spacial score (nSPS) is 25.7. The Balaban J connectivity index is 1.71. The van der Waals surface area contributed by atoms with Crippen molar-refractivity contribution >= 4 is 5.91 Å². The third-order valence-corrected chi connectivity index (χ3v) is 4.62. The molecular formula is C18H22N2O. The van der Waals surface area contributed by atoms with Crippen molar-refractivity contribution in [3.8, 4) is 11.8 Å². The molecule has 2 fully saturated rings. The first-order chi connectivity index (χ1) is 10.2. The molecule has 21 heavy (non-hydrogen) atoms. The molecule has 2 aliphatic rings. The van der Waals surface area contributed by atoms with Gasteiger partial charge in [-0.05, 0) is 50.9 Å². The zero-order valence-corrected chi connectivity index (χ0v) is 12.6. The second kappa shape index (κ2) is 6.32. The lowest BCUT2D eigenvalue weighted by atomic mass is 9.84. The fourth-order valence-electron chi connectivity index (χ4n) is 3.56. The zero-order chi connectivity index (χ0) is 14.7. The van der Waals surface area contributed by atoms with Crippen molar-refractivity contribution < 1.29 is 4.79 Å². The number of carbonyl (C=O) groups excluding carboxylic acids is 1. The van der Waals surface area contributed by atoms with E-state index in [4.69, 9.17) is 0 Å². The number of hydrogen-bond acceptors (Lipinski definition) is 2. The van der Waals surface area contributed by atoms with Gasteiger partial charge in [0.1, 0.15) is 0 Å². The van der Waals surface area contributed by atoms with Gasteiger partial charge in [0, 0.05) is 30.6 Å². The molecule has 1 aromatic rings. The lowest BCUT2D eigenvalue weighted by molar-refractivity contribution is -0.131. The Morgan fingerprint density at radius 3 is 2.81 bits per heavy atom. The Morgan fingerprint density at radius 2 is 2.00 bits per heavy atom. The van der Waals surface area contributed by atoms with E-state index in [-0.39, 0.29) is 5.91 Å². The summed E-state index contributed by atoms with van der Waals surface area (Å²) >= 11 is 0. The number of likely N-dealkylation sites (tertiary alicyclic amines) is 2. The van der Waals surface area contributed by atoms with E-state index in [1.807, 2.05) is 35.2 Å². The van der Waals surface area contributed by atoms with Crippen LogP contribution in [-0.4, -0.2) is 48.4 Å². The topological polar surface area (TPSA) is 23.6 Å². The van der Waals surface area contributed by atoms with Crippen LogP contribution in [0.3, 0.4) is 0 Å². The Hall–Kier alpha value is -1.79. The molecule has 1 amide bonds. The monoisotopic (exact) mass is 282 g/mol. The van der Waals surface area contributed by atoms with Crippen LogP contribution in [0.5, 0.6) is 0 Å². The number of hydrogen-bond donors (Lipinski definition) is 0. The van der Waals surface area contributed by atoms with E-state index in [1.54, 1.807) is 0 Å². The minimum Gasteiger partial charge on any atom is -0.329 e. The van der Waals surface area contributed by atoms with Gasteiger partial charge in [0.05, 0.1) is 0 Å². The molecule has 0 radical (unpaired) electrons. The van der Waals surface area contributed by atoms with Crippen LogP contribution >= 0.6 is 0 Å². The van der Waals surface area contributed by atoms with Gasteiger partial charge in [-0.25, -0.2) is 0 Å². The number of benzene rings is 1. The standard InChI is InChI=1S/C18H22N2O/c1-19-13-11-17-16(14-19)8-5-12-20(17)18(21)10-9-15-6-3-2-4-7-15/h2-4,6-7,16-17H,5,8,11-14H2,1H3/t16-,17-/m0/s1. The molecule has 2 atom stereocenters. The van der Waals surface area contributed by atoms with E-state index in [0.29, 0.717) is 12.0 Å². The summed E-state index contributed by atoms with van der Waals surface area (Å²) in [7, 11) is 2.17. The summed E-state index contributed by atoms with van der Waals surface area (Å²) in [5, 5.41) is 0. The van der Waals surface area contributed by atoms with Crippen molar-refractivity contribution in [2.75, 3.05) is 26.7 Å². The Labute approximate surface area is 126 Å². The van der Waals surface area contributed by atoms with Crippen molar-refractivity contribution in [3.05, 3.63) is 35.9 Å². The van der Waals surface area contributed by atoms with Crippen LogP contribution in [0.1, 0.15) is 24.8 Å². The highest BCUT2D eigenvalue weighted by Crippen LogP contribution is 2.29. The Bertz CT molecular complexity index is 558. The number of nitrogens with zero attached hydrogens (tertiary/aromatic N) is 2. The van der Waals surface area contributed by atoms with Crippen molar-refractivity contribution in [1.82, 2.24) is 9.80 Å². The Kier molecular flexibility index (Phi) is 4.26. The van der Waals surface area contributed by atoms with Gasteiger partial charge in [-0.1, -0.05) is 24.1 Å². The van der Waals surface area contributed by atoms with Gasteiger partial charge >= 0.3 is 0 Å². The molecule has 0 unspecified atom stereocenters. The van der Waals surface area contributed by atoms with E-state index in [0.717, 1.165) is 38.0 Å². The summed E-state index contributed by atoms with van der Waals surface area (Å²) in [6.07, 6.45) is 3.43. The van der Waals surface area contributed by atoms with Gasteiger partial charge in [-0.2, -0.15) is 0 Å². The van der Waals surface area contributed by atoms with Crippen molar-refractivity contribution in [2.24, 2.45) is 5.92 Å². The summed E-state index contributed by atoms with van der Waals surface area (Å²) in [6, 6.07) is 10.1. The Morgan fingerprint density at radius 1 is 1.19 bits per heavy atom. The molecule has 0 bridgehead atoms. The highest BCUT2D eigenvalue weighted by atomic mass is 16.2. The lowest BCUT2D eigenvalue weighted by Crippen LogP contribution is -2.54. The molecule has 2 heterocycles. The lowest BCUT2D eigenvalue weighted by Gasteiger charge is -2.45. The second-order valence-corrected chi connectivity index (χ2v) is 6.14. The van der Waals surface area contributed by atoms with Gasteiger partial charge in [0.25, 0.3) is 5.91 Å². The molecule has 110 valence electrons. The maximum absolute atomic E-state index is 12.4. The summed E-state index contributed by atoms with van der Waals surface area (Å²) in [5.41, 5.74) is 0.905. The molecule has 1 aromatic carbocycles. The second-order valence-electron chi connectivity index (χ2n) is 6.14. The summed E-state index contributed by atoms with van der Waals surface area (Å²) < 4.78 is 0. The van der Waals surface area contributed by atoms with E-state index >= 15 is 0 Å². The van der Waals surface area contributed by atoms with Gasteiger partial charge in [-0.3, -0.25) is 4.79 Å². The molecule has 2 saturated heterocycles. The number of carbonyl (C=O) groups is 1. The van der Waals surface area contributed by atoms with Crippen LogP contribution in [0, 0.1) is 17.8 Å². The predicted octanol–water partition coefficient (Wildman–Crippen LogP) is 1.98. The summed E-state index contributed by atoms with van der Waals surface area (Å²) in [5.74, 6) is 6.45. The quantitative estimate of drug-likeness (QED) is 0.679. The van der Waals surface area contributed by atoms with Crippen molar-refractivity contribution in [2.45, 2.75) is 25.3 Å². The number of amides is 1. The van der Waals surface area contributed by atoms with Gasteiger partial charge < -0.3 is 9.80 Å². The molecule has 3 nitrogen and oxygen atoms in total. The van der Waals surface area contributed by atoms with Crippen LogP contribution in [0.2, 0.25) is 0 Å². The molecule has 3 heteroatoms. The fourth-order valence-corrected chi connectivity index (χ4v) is 3.56. The predicted molar refractivity (Wildman–Crippen MR) is 83.7 cm³/mol.